The number of aryl methyl sites for hydroxylation is 1. The molecule has 1 heterocycles. The third kappa shape index (κ3) is 2.03. The van der Waals surface area contributed by atoms with Gasteiger partial charge < -0.3 is 5.11 Å². The predicted molar refractivity (Wildman–Crippen MR) is 65.4 cm³/mol. The molecule has 0 unspecified atom stereocenters. The van der Waals surface area contributed by atoms with E-state index in [1.54, 1.807) is 26.1 Å². The van der Waals surface area contributed by atoms with Crippen molar-refractivity contribution in [1.29, 1.82) is 0 Å². The Labute approximate surface area is 103 Å². The summed E-state index contributed by atoms with van der Waals surface area (Å²) in [5.41, 5.74) is 2.38. The maximum absolute atomic E-state index is 11.1. The highest BCUT2D eigenvalue weighted by molar-refractivity contribution is 6.30. The van der Waals surface area contributed by atoms with Crippen LogP contribution < -0.4 is 0 Å². The van der Waals surface area contributed by atoms with E-state index in [0.717, 1.165) is 5.56 Å². The van der Waals surface area contributed by atoms with E-state index in [1.807, 2.05) is 12.1 Å². The van der Waals surface area contributed by atoms with Crippen molar-refractivity contribution in [2.24, 2.45) is 7.05 Å². The Kier molecular flexibility index (Phi) is 2.90. The van der Waals surface area contributed by atoms with Gasteiger partial charge in [-0.25, -0.2) is 4.79 Å². The molecule has 0 fully saturated rings. The smallest absolute Gasteiger partial charge is 0.354 e. The van der Waals surface area contributed by atoms with Gasteiger partial charge in [0, 0.05) is 23.2 Å². The second-order valence-electron chi connectivity index (χ2n) is 3.76. The lowest BCUT2D eigenvalue weighted by molar-refractivity contribution is 0.0684. The molecule has 17 heavy (non-hydrogen) atoms. The number of rotatable bonds is 2. The van der Waals surface area contributed by atoms with Crippen LogP contribution in [0.25, 0.3) is 11.3 Å². The van der Waals surface area contributed by atoms with Crippen molar-refractivity contribution in [2.45, 2.75) is 6.92 Å². The summed E-state index contributed by atoms with van der Waals surface area (Å²) in [6.45, 7) is 1.75. The minimum Gasteiger partial charge on any atom is -0.477 e. The lowest BCUT2D eigenvalue weighted by Crippen LogP contribution is -2.06. The van der Waals surface area contributed by atoms with Crippen molar-refractivity contribution in [3.8, 4) is 11.3 Å². The standard InChI is InChI=1S/C12H11ClN2O2/c1-7-10(8-3-5-9(13)6-4-8)14-15(2)11(7)12(16)17/h3-6H,1-2H3,(H,16,17). The number of carbonyl (C=O) groups is 1. The minimum atomic E-state index is -0.974. The molecule has 0 aliphatic heterocycles. The lowest BCUT2D eigenvalue weighted by atomic mass is 10.1. The molecule has 1 aromatic carbocycles. The second-order valence-corrected chi connectivity index (χ2v) is 4.19. The highest BCUT2D eigenvalue weighted by Crippen LogP contribution is 2.25. The largest absolute Gasteiger partial charge is 0.477 e. The number of hydrogen-bond donors (Lipinski definition) is 1. The molecule has 0 amide bonds. The van der Waals surface area contributed by atoms with Gasteiger partial charge in [0.15, 0.2) is 0 Å². The first-order chi connectivity index (χ1) is 8.00. The third-order valence-electron chi connectivity index (χ3n) is 2.60. The molecule has 0 bridgehead atoms. The number of aromatic carboxylic acids is 1. The summed E-state index contributed by atoms with van der Waals surface area (Å²) < 4.78 is 1.38. The molecule has 2 rings (SSSR count). The monoisotopic (exact) mass is 250 g/mol. The molecular weight excluding hydrogens is 240 g/mol. The summed E-state index contributed by atoms with van der Waals surface area (Å²) in [6, 6.07) is 7.16. The van der Waals surface area contributed by atoms with Crippen LogP contribution in [0.3, 0.4) is 0 Å². The predicted octanol–water partition coefficient (Wildman–Crippen LogP) is 2.75. The molecule has 0 aliphatic rings. The van der Waals surface area contributed by atoms with Gasteiger partial charge in [0.25, 0.3) is 0 Å². The van der Waals surface area contributed by atoms with E-state index in [9.17, 15) is 4.79 Å². The Morgan fingerprint density at radius 3 is 2.41 bits per heavy atom. The first-order valence-corrected chi connectivity index (χ1v) is 5.41. The summed E-state index contributed by atoms with van der Waals surface area (Å²) in [5.74, 6) is -0.974. The van der Waals surface area contributed by atoms with Crippen molar-refractivity contribution in [3.05, 3.63) is 40.5 Å². The number of hydrogen-bond acceptors (Lipinski definition) is 2. The SMILES string of the molecule is Cc1c(-c2ccc(Cl)cc2)nn(C)c1C(=O)O. The number of halogens is 1. The minimum absolute atomic E-state index is 0.204. The Morgan fingerprint density at radius 2 is 1.94 bits per heavy atom. The van der Waals surface area contributed by atoms with E-state index < -0.39 is 5.97 Å². The molecule has 5 heteroatoms. The van der Waals surface area contributed by atoms with Crippen molar-refractivity contribution < 1.29 is 9.90 Å². The molecular formula is C12H11ClN2O2. The molecule has 2 aromatic rings. The Balaban J connectivity index is 2.57. The average Bonchev–Trinajstić information content (AvgIpc) is 2.55. The van der Waals surface area contributed by atoms with Crippen molar-refractivity contribution in [3.63, 3.8) is 0 Å². The molecule has 88 valence electrons. The summed E-state index contributed by atoms with van der Waals surface area (Å²) in [5, 5.41) is 13.9. The molecule has 0 saturated carbocycles. The van der Waals surface area contributed by atoms with Crippen molar-refractivity contribution >= 4 is 17.6 Å². The van der Waals surface area contributed by atoms with Crippen LogP contribution in [0.1, 0.15) is 16.1 Å². The lowest BCUT2D eigenvalue weighted by Gasteiger charge is -1.98. The van der Waals surface area contributed by atoms with Crippen LogP contribution in [0.5, 0.6) is 0 Å². The Morgan fingerprint density at radius 1 is 1.35 bits per heavy atom. The molecule has 1 aromatic heterocycles. The van der Waals surface area contributed by atoms with E-state index in [0.29, 0.717) is 16.3 Å². The van der Waals surface area contributed by atoms with Crippen LogP contribution in [0.15, 0.2) is 24.3 Å². The first-order valence-electron chi connectivity index (χ1n) is 5.03. The van der Waals surface area contributed by atoms with Crippen LogP contribution in [0.2, 0.25) is 5.02 Å². The highest BCUT2D eigenvalue weighted by Gasteiger charge is 2.18. The third-order valence-corrected chi connectivity index (χ3v) is 2.86. The Hall–Kier alpha value is -1.81. The maximum atomic E-state index is 11.1. The molecule has 0 aliphatic carbocycles. The molecule has 0 spiro atoms. The molecule has 1 N–H and O–H groups in total. The fourth-order valence-corrected chi connectivity index (χ4v) is 1.94. The zero-order chi connectivity index (χ0) is 12.6. The van der Waals surface area contributed by atoms with Crippen LogP contribution in [-0.4, -0.2) is 20.9 Å². The topological polar surface area (TPSA) is 55.1 Å². The molecule has 4 nitrogen and oxygen atoms in total. The molecule has 0 atom stereocenters. The van der Waals surface area contributed by atoms with Gasteiger partial charge in [0.2, 0.25) is 0 Å². The first kappa shape index (κ1) is 11.7. The van der Waals surface area contributed by atoms with E-state index >= 15 is 0 Å². The number of benzene rings is 1. The summed E-state index contributed by atoms with van der Waals surface area (Å²) >= 11 is 5.81. The fourth-order valence-electron chi connectivity index (χ4n) is 1.81. The van der Waals surface area contributed by atoms with E-state index in [4.69, 9.17) is 16.7 Å². The summed E-state index contributed by atoms with van der Waals surface area (Å²) in [6.07, 6.45) is 0. The maximum Gasteiger partial charge on any atom is 0.354 e. The normalized spacial score (nSPS) is 10.5. The number of aromatic nitrogens is 2. The van der Waals surface area contributed by atoms with Crippen molar-refractivity contribution in [2.75, 3.05) is 0 Å². The Bertz CT molecular complexity index is 573. The van der Waals surface area contributed by atoms with Crippen LogP contribution in [0.4, 0.5) is 0 Å². The number of nitrogens with zero attached hydrogens (tertiary/aromatic N) is 2. The number of carboxylic acid groups (broad SMARTS) is 1. The van der Waals surface area contributed by atoms with Crippen LogP contribution in [0, 0.1) is 6.92 Å². The molecule has 0 saturated heterocycles. The van der Waals surface area contributed by atoms with Gasteiger partial charge in [-0.2, -0.15) is 5.10 Å². The van der Waals surface area contributed by atoms with Gasteiger partial charge >= 0.3 is 5.97 Å². The van der Waals surface area contributed by atoms with E-state index in [2.05, 4.69) is 5.10 Å². The van der Waals surface area contributed by atoms with Gasteiger partial charge in [-0.15, -0.1) is 0 Å². The van der Waals surface area contributed by atoms with Gasteiger partial charge in [-0.3, -0.25) is 4.68 Å². The zero-order valence-electron chi connectivity index (χ0n) is 9.44. The molecule has 0 radical (unpaired) electrons. The fraction of sp³-hybridized carbons (Fsp3) is 0.167. The summed E-state index contributed by atoms with van der Waals surface area (Å²) in [4.78, 5) is 11.1. The quantitative estimate of drug-likeness (QED) is 0.892. The number of carboxylic acids is 1. The second kappa shape index (κ2) is 4.22. The van der Waals surface area contributed by atoms with Crippen LogP contribution in [-0.2, 0) is 7.05 Å². The van der Waals surface area contributed by atoms with Gasteiger partial charge in [0.05, 0.1) is 5.69 Å². The average molecular weight is 251 g/mol. The van der Waals surface area contributed by atoms with Gasteiger partial charge in [-0.05, 0) is 19.1 Å². The van der Waals surface area contributed by atoms with Gasteiger partial charge in [-0.1, -0.05) is 23.7 Å². The van der Waals surface area contributed by atoms with Gasteiger partial charge in [0.1, 0.15) is 5.69 Å². The summed E-state index contributed by atoms with van der Waals surface area (Å²) in [7, 11) is 1.62. The van der Waals surface area contributed by atoms with E-state index in [1.165, 1.54) is 4.68 Å². The van der Waals surface area contributed by atoms with Crippen LogP contribution >= 0.6 is 11.6 Å². The van der Waals surface area contributed by atoms with Crippen molar-refractivity contribution in [1.82, 2.24) is 9.78 Å². The van der Waals surface area contributed by atoms with E-state index in [-0.39, 0.29) is 5.69 Å². The zero-order valence-corrected chi connectivity index (χ0v) is 10.2. The highest BCUT2D eigenvalue weighted by atomic mass is 35.5.